The van der Waals surface area contributed by atoms with E-state index in [0.717, 1.165) is 35.4 Å². The topological polar surface area (TPSA) is 38.1 Å². The van der Waals surface area contributed by atoms with Gasteiger partial charge in [0.1, 0.15) is 11.5 Å². The summed E-state index contributed by atoms with van der Waals surface area (Å²) in [5, 5.41) is 6.50. The summed E-state index contributed by atoms with van der Waals surface area (Å²) in [6.07, 6.45) is 2.60. The van der Waals surface area contributed by atoms with Crippen LogP contribution in [0, 0.1) is 5.82 Å². The van der Waals surface area contributed by atoms with E-state index in [0.29, 0.717) is 17.9 Å². The molecule has 4 nitrogen and oxygen atoms in total. The molecule has 0 atom stereocenters. The summed E-state index contributed by atoms with van der Waals surface area (Å²) in [5.74, 6) is -0.438. The third-order valence-corrected chi connectivity index (χ3v) is 5.39. The van der Waals surface area contributed by atoms with E-state index in [2.05, 4.69) is 5.10 Å². The molecule has 1 amide bonds. The van der Waals surface area contributed by atoms with Crippen LogP contribution in [0.2, 0.25) is 0 Å². The average molecular weight is 355 g/mol. The molecular weight excluding hydrogens is 337 g/mol. The Balaban J connectivity index is 1.70. The number of hydrogen-bond donors (Lipinski definition) is 0. The molecule has 1 aliphatic rings. The van der Waals surface area contributed by atoms with Crippen molar-refractivity contribution in [2.45, 2.75) is 25.8 Å². The molecule has 128 valence electrons. The second-order valence-corrected chi connectivity index (χ2v) is 7.26. The number of benzene rings is 1. The van der Waals surface area contributed by atoms with Crippen LogP contribution in [0.25, 0.3) is 5.69 Å². The molecule has 1 aliphatic carbocycles. The van der Waals surface area contributed by atoms with Gasteiger partial charge in [0.15, 0.2) is 5.69 Å². The predicted octanol–water partition coefficient (Wildman–Crippen LogP) is 3.83. The maximum atomic E-state index is 14.2. The van der Waals surface area contributed by atoms with Crippen molar-refractivity contribution in [3.05, 3.63) is 69.4 Å². The molecule has 25 heavy (non-hydrogen) atoms. The van der Waals surface area contributed by atoms with E-state index in [9.17, 15) is 9.18 Å². The van der Waals surface area contributed by atoms with E-state index in [1.165, 1.54) is 6.07 Å². The second-order valence-electron chi connectivity index (χ2n) is 6.23. The molecule has 3 aromatic rings. The predicted molar refractivity (Wildman–Crippen MR) is 95.7 cm³/mol. The van der Waals surface area contributed by atoms with Gasteiger partial charge in [0.25, 0.3) is 5.91 Å². The van der Waals surface area contributed by atoms with Gasteiger partial charge in [-0.05, 0) is 42.8 Å². The molecule has 0 radical (unpaired) electrons. The first-order valence-electron chi connectivity index (χ1n) is 8.28. The van der Waals surface area contributed by atoms with E-state index < -0.39 is 0 Å². The molecule has 0 aliphatic heterocycles. The Morgan fingerprint density at radius 1 is 1.28 bits per heavy atom. The largest absolute Gasteiger partial charge is 0.335 e. The molecule has 0 unspecified atom stereocenters. The van der Waals surface area contributed by atoms with Gasteiger partial charge in [-0.1, -0.05) is 18.2 Å². The maximum absolute atomic E-state index is 14.2. The summed E-state index contributed by atoms with van der Waals surface area (Å²) < 4.78 is 15.8. The van der Waals surface area contributed by atoms with Crippen molar-refractivity contribution in [1.82, 2.24) is 14.7 Å². The third-order valence-electron chi connectivity index (χ3n) is 4.53. The Hall–Kier alpha value is -2.47. The van der Waals surface area contributed by atoms with Crippen LogP contribution in [0.1, 0.15) is 33.0 Å². The lowest BCUT2D eigenvalue weighted by molar-refractivity contribution is 0.0779. The van der Waals surface area contributed by atoms with E-state index >= 15 is 0 Å². The fraction of sp³-hybridized carbons (Fsp3) is 0.263. The smallest absolute Gasteiger partial charge is 0.274 e. The van der Waals surface area contributed by atoms with Crippen LogP contribution in [0.15, 0.2) is 41.8 Å². The van der Waals surface area contributed by atoms with Crippen molar-refractivity contribution in [3.63, 3.8) is 0 Å². The Morgan fingerprint density at radius 3 is 2.88 bits per heavy atom. The van der Waals surface area contributed by atoms with Gasteiger partial charge in [-0.2, -0.15) is 5.10 Å². The van der Waals surface area contributed by atoms with Crippen molar-refractivity contribution in [3.8, 4) is 5.69 Å². The fourth-order valence-electron chi connectivity index (χ4n) is 3.32. The minimum atomic E-state index is -0.328. The highest BCUT2D eigenvalue weighted by Crippen LogP contribution is 2.29. The Morgan fingerprint density at radius 2 is 2.12 bits per heavy atom. The quantitative estimate of drug-likeness (QED) is 0.713. The first-order valence-corrected chi connectivity index (χ1v) is 9.16. The number of para-hydroxylation sites is 1. The van der Waals surface area contributed by atoms with Gasteiger partial charge in [0, 0.05) is 23.2 Å². The number of nitrogens with zero attached hydrogens (tertiary/aromatic N) is 3. The maximum Gasteiger partial charge on any atom is 0.274 e. The summed E-state index contributed by atoms with van der Waals surface area (Å²) in [4.78, 5) is 15.7. The standard InChI is InChI=1S/C19H18FN3OS/c1-22(12-13-6-5-11-25-13)19(24)18-14-7-4-10-16(14)23(21-18)17-9-3-2-8-15(17)20/h2-3,5-6,8-9,11H,4,7,10,12H2,1H3. The molecule has 0 saturated heterocycles. The zero-order valence-corrected chi connectivity index (χ0v) is 14.7. The second kappa shape index (κ2) is 6.44. The minimum Gasteiger partial charge on any atom is -0.335 e. The Labute approximate surface area is 149 Å². The zero-order chi connectivity index (χ0) is 17.4. The van der Waals surface area contributed by atoms with Gasteiger partial charge in [-0.15, -0.1) is 11.3 Å². The summed E-state index contributed by atoms with van der Waals surface area (Å²) in [7, 11) is 1.78. The normalized spacial score (nSPS) is 13.0. The number of fused-ring (bicyclic) bond motifs is 1. The molecule has 0 N–H and O–H groups in total. The number of carbonyl (C=O) groups excluding carboxylic acids is 1. The van der Waals surface area contributed by atoms with Gasteiger partial charge >= 0.3 is 0 Å². The highest BCUT2D eigenvalue weighted by atomic mass is 32.1. The van der Waals surface area contributed by atoms with Crippen molar-refractivity contribution < 1.29 is 9.18 Å². The van der Waals surface area contributed by atoms with E-state index in [1.54, 1.807) is 46.2 Å². The lowest BCUT2D eigenvalue weighted by Crippen LogP contribution is -2.27. The molecule has 0 fully saturated rings. The van der Waals surface area contributed by atoms with Crippen LogP contribution in [-0.2, 0) is 19.4 Å². The monoisotopic (exact) mass is 355 g/mol. The number of amides is 1. The van der Waals surface area contributed by atoms with E-state index in [-0.39, 0.29) is 11.7 Å². The minimum absolute atomic E-state index is 0.110. The Kier molecular flexibility index (Phi) is 4.13. The third kappa shape index (κ3) is 2.87. The molecule has 0 bridgehead atoms. The molecular formula is C19H18FN3OS. The van der Waals surface area contributed by atoms with Crippen molar-refractivity contribution in [1.29, 1.82) is 0 Å². The molecule has 2 heterocycles. The van der Waals surface area contributed by atoms with Gasteiger partial charge in [0.2, 0.25) is 0 Å². The van der Waals surface area contributed by atoms with Gasteiger partial charge in [-0.3, -0.25) is 4.79 Å². The molecule has 1 aromatic carbocycles. The SMILES string of the molecule is CN(Cc1cccs1)C(=O)c1nn(-c2ccccc2F)c2c1CCC2. The number of aromatic nitrogens is 2. The first-order chi connectivity index (χ1) is 12.1. The van der Waals surface area contributed by atoms with Crippen molar-refractivity contribution in [2.24, 2.45) is 0 Å². The summed E-state index contributed by atoms with van der Waals surface area (Å²) in [5.41, 5.74) is 2.78. The highest BCUT2D eigenvalue weighted by Gasteiger charge is 2.29. The van der Waals surface area contributed by atoms with Gasteiger partial charge < -0.3 is 4.90 Å². The summed E-state index contributed by atoms with van der Waals surface area (Å²) in [6.45, 7) is 0.553. The lowest BCUT2D eigenvalue weighted by atomic mass is 10.2. The van der Waals surface area contributed by atoms with Crippen LogP contribution in [0.3, 0.4) is 0 Å². The van der Waals surface area contributed by atoms with E-state index in [4.69, 9.17) is 0 Å². The molecule has 2 aromatic heterocycles. The number of hydrogen-bond acceptors (Lipinski definition) is 3. The summed E-state index contributed by atoms with van der Waals surface area (Å²) >= 11 is 1.62. The van der Waals surface area contributed by atoms with Crippen molar-refractivity contribution in [2.75, 3.05) is 7.05 Å². The van der Waals surface area contributed by atoms with Crippen LogP contribution >= 0.6 is 11.3 Å². The van der Waals surface area contributed by atoms with Crippen molar-refractivity contribution >= 4 is 17.2 Å². The first kappa shape index (κ1) is 16.0. The fourth-order valence-corrected chi connectivity index (χ4v) is 4.08. The van der Waals surface area contributed by atoms with Crippen LogP contribution < -0.4 is 0 Å². The number of halogens is 1. The lowest BCUT2D eigenvalue weighted by Gasteiger charge is -2.15. The molecule has 0 spiro atoms. The molecule has 6 heteroatoms. The number of thiophene rings is 1. The Bertz CT molecular complexity index is 917. The highest BCUT2D eigenvalue weighted by molar-refractivity contribution is 7.09. The number of rotatable bonds is 4. The zero-order valence-electron chi connectivity index (χ0n) is 13.9. The molecule has 4 rings (SSSR count). The molecule has 0 saturated carbocycles. The van der Waals surface area contributed by atoms with Gasteiger partial charge in [0.05, 0.1) is 6.54 Å². The van der Waals surface area contributed by atoms with Crippen LogP contribution in [0.4, 0.5) is 4.39 Å². The number of carbonyl (C=O) groups is 1. The van der Waals surface area contributed by atoms with Crippen LogP contribution in [0.5, 0.6) is 0 Å². The van der Waals surface area contributed by atoms with Gasteiger partial charge in [-0.25, -0.2) is 9.07 Å². The van der Waals surface area contributed by atoms with E-state index in [1.807, 2.05) is 17.5 Å². The average Bonchev–Trinajstić information content (AvgIpc) is 3.32. The summed E-state index contributed by atoms with van der Waals surface area (Å²) in [6, 6.07) is 10.5. The van der Waals surface area contributed by atoms with Crippen LogP contribution in [-0.4, -0.2) is 27.6 Å².